The van der Waals surface area contributed by atoms with Gasteiger partial charge in [0, 0.05) is 25.0 Å². The van der Waals surface area contributed by atoms with Gasteiger partial charge in [-0.3, -0.25) is 9.89 Å². The van der Waals surface area contributed by atoms with Gasteiger partial charge in [-0.05, 0) is 38.1 Å². The Morgan fingerprint density at radius 3 is 2.19 bits per heavy atom. The smallest absolute Gasteiger partial charge is 0.191 e. The van der Waals surface area contributed by atoms with Crippen LogP contribution in [0.3, 0.4) is 0 Å². The number of aromatic nitrogens is 1. The molecule has 1 heterocycles. The average molecular weight is 374 g/mol. The largest absolute Gasteiger partial charge is 0.352 e. The zero-order chi connectivity index (χ0) is 18.9. The lowest BCUT2D eigenvalue weighted by Crippen LogP contribution is -2.36. The van der Waals surface area contributed by atoms with Crippen molar-refractivity contribution in [2.24, 2.45) is 4.99 Å². The van der Waals surface area contributed by atoms with Gasteiger partial charge in [-0.2, -0.15) is 0 Å². The number of hydrogen-bond donors (Lipinski definition) is 2. The minimum Gasteiger partial charge on any atom is -0.352 e. The van der Waals surface area contributed by atoms with E-state index >= 15 is 0 Å². The summed E-state index contributed by atoms with van der Waals surface area (Å²) in [6, 6.07) is 8.82. The summed E-state index contributed by atoms with van der Waals surface area (Å²) in [6.45, 7) is 13.2. The van der Waals surface area contributed by atoms with Crippen LogP contribution in [0.15, 0.2) is 29.3 Å². The SMILES string of the molecule is CCN(CC)Cc1ccc(CNC(=NC)NCc2sc(C)nc2C)cc1. The standard InChI is InChI=1S/C20H31N5S/c1-6-25(7-2)14-18-10-8-17(9-11-18)12-22-20(21-5)23-13-19-15(3)24-16(4)26-19/h8-11H,6-7,12-14H2,1-5H3,(H2,21,22,23). The van der Waals surface area contributed by atoms with Gasteiger partial charge in [0.25, 0.3) is 0 Å². The van der Waals surface area contributed by atoms with E-state index in [-0.39, 0.29) is 0 Å². The third-order valence-electron chi connectivity index (χ3n) is 4.42. The number of guanidine groups is 1. The zero-order valence-electron chi connectivity index (χ0n) is 16.6. The lowest BCUT2D eigenvalue weighted by atomic mass is 10.1. The summed E-state index contributed by atoms with van der Waals surface area (Å²) < 4.78 is 0. The number of aliphatic imine (C=N–C) groups is 1. The van der Waals surface area contributed by atoms with Crippen molar-refractivity contribution in [3.8, 4) is 0 Å². The molecule has 1 aromatic heterocycles. The van der Waals surface area contributed by atoms with E-state index in [9.17, 15) is 0 Å². The summed E-state index contributed by atoms with van der Waals surface area (Å²) in [5.41, 5.74) is 3.70. The van der Waals surface area contributed by atoms with Crippen LogP contribution in [-0.4, -0.2) is 36.0 Å². The molecule has 0 fully saturated rings. The van der Waals surface area contributed by atoms with E-state index in [1.807, 2.05) is 6.92 Å². The fourth-order valence-corrected chi connectivity index (χ4v) is 3.65. The van der Waals surface area contributed by atoms with Crippen LogP contribution < -0.4 is 10.6 Å². The maximum absolute atomic E-state index is 4.46. The van der Waals surface area contributed by atoms with Crippen molar-refractivity contribution >= 4 is 17.3 Å². The van der Waals surface area contributed by atoms with Crippen LogP contribution >= 0.6 is 11.3 Å². The highest BCUT2D eigenvalue weighted by molar-refractivity contribution is 7.11. The first-order chi connectivity index (χ1) is 12.5. The van der Waals surface area contributed by atoms with Crippen LogP contribution in [0.4, 0.5) is 0 Å². The molecule has 0 amide bonds. The molecule has 0 saturated carbocycles. The summed E-state index contributed by atoms with van der Waals surface area (Å²) in [5.74, 6) is 0.808. The highest BCUT2D eigenvalue weighted by Crippen LogP contribution is 2.16. The van der Waals surface area contributed by atoms with Gasteiger partial charge in [-0.15, -0.1) is 11.3 Å². The quantitative estimate of drug-likeness (QED) is 0.550. The number of rotatable bonds is 8. The van der Waals surface area contributed by atoms with Crippen molar-refractivity contribution in [3.63, 3.8) is 0 Å². The summed E-state index contributed by atoms with van der Waals surface area (Å²) in [5, 5.41) is 7.85. The predicted octanol–water partition coefficient (Wildman–Crippen LogP) is 3.47. The number of nitrogens with zero attached hydrogens (tertiary/aromatic N) is 3. The lowest BCUT2D eigenvalue weighted by Gasteiger charge is -2.18. The van der Waals surface area contributed by atoms with Crippen LogP contribution in [-0.2, 0) is 19.6 Å². The molecule has 0 radical (unpaired) electrons. The normalized spacial score (nSPS) is 11.8. The molecule has 0 spiro atoms. The molecule has 0 saturated heterocycles. The van der Waals surface area contributed by atoms with Gasteiger partial charge < -0.3 is 10.6 Å². The minimum atomic E-state index is 0.750. The Labute approximate surface area is 161 Å². The Bertz CT molecular complexity index is 701. The van der Waals surface area contributed by atoms with Crippen molar-refractivity contribution < 1.29 is 0 Å². The van der Waals surface area contributed by atoms with Crippen LogP contribution in [0.5, 0.6) is 0 Å². The second-order valence-corrected chi connectivity index (χ2v) is 7.59. The fourth-order valence-electron chi connectivity index (χ4n) is 2.78. The van der Waals surface area contributed by atoms with Gasteiger partial charge >= 0.3 is 0 Å². The second kappa shape index (κ2) is 10.3. The van der Waals surface area contributed by atoms with Crippen molar-refractivity contribution in [2.75, 3.05) is 20.1 Å². The molecule has 2 N–H and O–H groups in total. The number of nitrogens with one attached hydrogen (secondary N) is 2. The van der Waals surface area contributed by atoms with Crippen LogP contribution in [0.2, 0.25) is 0 Å². The van der Waals surface area contributed by atoms with Gasteiger partial charge in [0.1, 0.15) is 0 Å². The van der Waals surface area contributed by atoms with Gasteiger partial charge in [0.15, 0.2) is 5.96 Å². The number of thiazole rings is 1. The molecule has 0 unspecified atom stereocenters. The zero-order valence-corrected chi connectivity index (χ0v) is 17.4. The Morgan fingerprint density at radius 2 is 1.65 bits per heavy atom. The molecule has 6 heteroatoms. The molecule has 0 aliphatic rings. The van der Waals surface area contributed by atoms with E-state index in [2.05, 4.69) is 70.5 Å². The molecular weight excluding hydrogens is 342 g/mol. The van der Waals surface area contributed by atoms with Gasteiger partial charge in [0.05, 0.1) is 17.2 Å². The third kappa shape index (κ3) is 6.11. The van der Waals surface area contributed by atoms with E-state index in [1.165, 1.54) is 16.0 Å². The average Bonchev–Trinajstić information content (AvgIpc) is 2.98. The topological polar surface area (TPSA) is 52.5 Å². The second-order valence-electron chi connectivity index (χ2n) is 6.30. The molecule has 0 bridgehead atoms. The van der Waals surface area contributed by atoms with E-state index in [4.69, 9.17) is 0 Å². The summed E-state index contributed by atoms with van der Waals surface area (Å²) in [6.07, 6.45) is 0. The van der Waals surface area contributed by atoms with Crippen molar-refractivity contribution in [2.45, 2.75) is 47.3 Å². The molecule has 26 heavy (non-hydrogen) atoms. The molecule has 1 aromatic carbocycles. The van der Waals surface area contributed by atoms with Gasteiger partial charge in [0.2, 0.25) is 0 Å². The van der Waals surface area contributed by atoms with E-state index in [0.29, 0.717) is 0 Å². The molecule has 0 aliphatic heterocycles. The molecule has 0 aliphatic carbocycles. The highest BCUT2D eigenvalue weighted by Gasteiger charge is 2.06. The Balaban J connectivity index is 1.83. The number of hydrogen-bond acceptors (Lipinski definition) is 4. The summed E-state index contributed by atoms with van der Waals surface area (Å²) in [4.78, 5) is 12.4. The van der Waals surface area contributed by atoms with Crippen LogP contribution in [0.25, 0.3) is 0 Å². The number of aryl methyl sites for hydroxylation is 2. The third-order valence-corrected chi connectivity index (χ3v) is 5.50. The summed E-state index contributed by atoms with van der Waals surface area (Å²) >= 11 is 1.73. The van der Waals surface area contributed by atoms with Gasteiger partial charge in [-0.25, -0.2) is 4.98 Å². The Morgan fingerprint density at radius 1 is 1.04 bits per heavy atom. The minimum absolute atomic E-state index is 0.750. The molecular formula is C20H31N5S. The van der Waals surface area contributed by atoms with Crippen molar-refractivity contribution in [1.82, 2.24) is 20.5 Å². The Kier molecular flexibility index (Phi) is 8.06. The first-order valence-electron chi connectivity index (χ1n) is 9.23. The van der Waals surface area contributed by atoms with Crippen LogP contribution in [0.1, 0.15) is 40.6 Å². The van der Waals surface area contributed by atoms with Gasteiger partial charge in [-0.1, -0.05) is 38.1 Å². The monoisotopic (exact) mass is 373 g/mol. The summed E-state index contributed by atoms with van der Waals surface area (Å²) in [7, 11) is 1.80. The molecule has 2 aromatic rings. The van der Waals surface area contributed by atoms with Crippen molar-refractivity contribution in [3.05, 3.63) is 51.0 Å². The Hall–Kier alpha value is -1.92. The fraction of sp³-hybridized carbons (Fsp3) is 0.500. The van der Waals surface area contributed by atoms with Crippen molar-refractivity contribution in [1.29, 1.82) is 0 Å². The molecule has 2 rings (SSSR count). The lowest BCUT2D eigenvalue weighted by molar-refractivity contribution is 0.296. The maximum Gasteiger partial charge on any atom is 0.191 e. The van der Waals surface area contributed by atoms with Crippen LogP contribution in [0, 0.1) is 13.8 Å². The predicted molar refractivity (Wildman–Crippen MR) is 112 cm³/mol. The maximum atomic E-state index is 4.46. The van der Waals surface area contributed by atoms with E-state index in [0.717, 1.165) is 49.4 Å². The molecule has 142 valence electrons. The first-order valence-corrected chi connectivity index (χ1v) is 10.0. The first kappa shape index (κ1) is 20.4. The van der Waals surface area contributed by atoms with E-state index < -0.39 is 0 Å². The molecule has 0 atom stereocenters. The highest BCUT2D eigenvalue weighted by atomic mass is 32.1. The molecule has 5 nitrogen and oxygen atoms in total. The number of benzene rings is 1. The van der Waals surface area contributed by atoms with E-state index in [1.54, 1.807) is 18.4 Å².